The lowest BCUT2D eigenvalue weighted by molar-refractivity contribution is -0.0916. The molecule has 4 rings (SSSR count). The van der Waals surface area contributed by atoms with Gasteiger partial charge in [0.1, 0.15) is 0 Å². The third-order valence-corrected chi connectivity index (χ3v) is 6.82. The van der Waals surface area contributed by atoms with E-state index >= 15 is 0 Å². The summed E-state index contributed by atoms with van der Waals surface area (Å²) < 4.78 is 8.31. The Morgan fingerprint density at radius 3 is 2.75 bits per heavy atom. The fourth-order valence-corrected chi connectivity index (χ4v) is 5.33. The van der Waals surface area contributed by atoms with E-state index in [1.165, 1.54) is 35.6 Å². The van der Waals surface area contributed by atoms with E-state index in [9.17, 15) is 0 Å². The third-order valence-electron chi connectivity index (χ3n) is 6.82. The van der Waals surface area contributed by atoms with E-state index in [1.807, 2.05) is 19.6 Å². The van der Waals surface area contributed by atoms with Crippen LogP contribution in [0, 0.1) is 17.3 Å². The van der Waals surface area contributed by atoms with Crippen LogP contribution in [-0.4, -0.2) is 22.8 Å². The largest absolute Gasteiger partial charge is 0.381 e. The van der Waals surface area contributed by atoms with Crippen molar-refractivity contribution in [1.82, 2.24) is 9.55 Å². The molecule has 0 N–H and O–H groups in total. The predicted octanol–water partition coefficient (Wildman–Crippen LogP) is 5.74. The summed E-state index contributed by atoms with van der Waals surface area (Å²) in [6.45, 7) is 5.72. The van der Waals surface area contributed by atoms with Crippen molar-refractivity contribution >= 4 is 10.8 Å². The molecule has 1 fully saturated rings. The lowest BCUT2D eigenvalue weighted by Crippen LogP contribution is -2.47. The summed E-state index contributed by atoms with van der Waals surface area (Å²) in [6.07, 6.45) is 11.0. The highest BCUT2D eigenvalue weighted by Crippen LogP contribution is 2.46. The fourth-order valence-electron chi connectivity index (χ4n) is 5.33. The molecule has 1 aromatic heterocycles. The molecule has 0 radical (unpaired) electrons. The van der Waals surface area contributed by atoms with Gasteiger partial charge in [-0.1, -0.05) is 56.3 Å². The molecule has 0 amide bonds. The van der Waals surface area contributed by atoms with E-state index in [4.69, 9.17) is 4.74 Å². The van der Waals surface area contributed by atoms with E-state index in [2.05, 4.69) is 72.1 Å². The van der Waals surface area contributed by atoms with Crippen LogP contribution in [0.3, 0.4) is 0 Å². The Labute approximate surface area is 168 Å². The topological polar surface area (TPSA) is 27.1 Å². The predicted molar refractivity (Wildman–Crippen MR) is 115 cm³/mol. The lowest BCUT2D eigenvalue weighted by atomic mass is 9.63. The first-order valence-electron chi connectivity index (χ1n) is 10.5. The molecule has 2 aromatic carbocycles. The van der Waals surface area contributed by atoms with Gasteiger partial charge in [-0.15, -0.1) is 0 Å². The van der Waals surface area contributed by atoms with Crippen molar-refractivity contribution in [3.8, 4) is 0 Å². The van der Waals surface area contributed by atoms with Gasteiger partial charge in [-0.3, -0.25) is 0 Å². The number of rotatable bonds is 6. The normalized spacial score (nSPS) is 24.5. The van der Waals surface area contributed by atoms with Crippen LogP contribution >= 0.6 is 0 Å². The van der Waals surface area contributed by atoms with Crippen LogP contribution in [0.1, 0.15) is 38.7 Å². The van der Waals surface area contributed by atoms with Crippen molar-refractivity contribution in [2.24, 2.45) is 17.3 Å². The molecule has 0 aliphatic heterocycles. The van der Waals surface area contributed by atoms with Crippen molar-refractivity contribution in [2.75, 3.05) is 7.11 Å². The first kappa shape index (κ1) is 19.2. The van der Waals surface area contributed by atoms with Crippen LogP contribution < -0.4 is 0 Å². The summed E-state index contributed by atoms with van der Waals surface area (Å²) in [6, 6.07) is 15.5. The summed E-state index contributed by atoms with van der Waals surface area (Å²) in [5, 5.41) is 2.74. The van der Waals surface area contributed by atoms with Crippen molar-refractivity contribution in [3.63, 3.8) is 0 Å². The van der Waals surface area contributed by atoms with Gasteiger partial charge in [0.15, 0.2) is 0 Å². The number of imidazole rings is 1. The molecule has 0 spiro atoms. The highest BCUT2D eigenvalue weighted by molar-refractivity contribution is 5.85. The molecule has 28 heavy (non-hydrogen) atoms. The molecule has 3 atom stereocenters. The minimum atomic E-state index is 0.218. The second-order valence-corrected chi connectivity index (χ2v) is 9.04. The van der Waals surface area contributed by atoms with Gasteiger partial charge < -0.3 is 9.30 Å². The summed E-state index contributed by atoms with van der Waals surface area (Å²) in [4.78, 5) is 4.25. The van der Waals surface area contributed by atoms with Gasteiger partial charge >= 0.3 is 0 Å². The molecule has 0 bridgehead atoms. The van der Waals surface area contributed by atoms with Crippen LogP contribution in [0.5, 0.6) is 0 Å². The smallest absolute Gasteiger partial charge is 0.0946 e. The van der Waals surface area contributed by atoms with E-state index in [-0.39, 0.29) is 11.5 Å². The van der Waals surface area contributed by atoms with Gasteiger partial charge in [0, 0.05) is 32.0 Å². The molecular formula is C25H32N2O. The first-order valence-corrected chi connectivity index (χ1v) is 10.5. The van der Waals surface area contributed by atoms with Crippen molar-refractivity contribution in [3.05, 3.63) is 66.7 Å². The molecule has 1 saturated carbocycles. The van der Waals surface area contributed by atoms with Crippen molar-refractivity contribution < 1.29 is 4.74 Å². The van der Waals surface area contributed by atoms with Gasteiger partial charge in [0.05, 0.1) is 12.4 Å². The number of aromatic nitrogens is 2. The van der Waals surface area contributed by atoms with E-state index in [0.29, 0.717) is 11.8 Å². The van der Waals surface area contributed by atoms with Crippen LogP contribution in [0.4, 0.5) is 0 Å². The number of ether oxygens (including phenoxy) is 1. The zero-order valence-corrected chi connectivity index (χ0v) is 17.3. The van der Waals surface area contributed by atoms with Crippen LogP contribution in [0.25, 0.3) is 10.8 Å². The zero-order valence-electron chi connectivity index (χ0n) is 17.3. The van der Waals surface area contributed by atoms with Crippen LogP contribution in [-0.2, 0) is 17.7 Å². The summed E-state index contributed by atoms with van der Waals surface area (Å²) in [7, 11) is 1.89. The highest BCUT2D eigenvalue weighted by atomic mass is 16.5. The van der Waals surface area contributed by atoms with Gasteiger partial charge in [-0.05, 0) is 53.4 Å². The number of fused-ring (bicyclic) bond motifs is 1. The molecule has 3 nitrogen and oxygen atoms in total. The third kappa shape index (κ3) is 3.86. The zero-order chi connectivity index (χ0) is 19.6. The van der Waals surface area contributed by atoms with Gasteiger partial charge in [0.2, 0.25) is 0 Å². The first-order chi connectivity index (χ1) is 13.6. The number of aryl methyl sites for hydroxylation is 1. The number of hydrogen-bond donors (Lipinski definition) is 0. The lowest BCUT2D eigenvalue weighted by Gasteiger charge is -2.47. The van der Waals surface area contributed by atoms with Crippen molar-refractivity contribution in [1.29, 1.82) is 0 Å². The van der Waals surface area contributed by atoms with Gasteiger partial charge in [-0.25, -0.2) is 4.98 Å². The van der Waals surface area contributed by atoms with E-state index in [1.54, 1.807) is 0 Å². The number of methoxy groups -OCH3 is 1. The average Bonchev–Trinajstić information content (AvgIpc) is 3.20. The Hall–Kier alpha value is -2.13. The fraction of sp³-hybridized carbons (Fsp3) is 0.480. The standard InChI is InChI=1S/C25H32N2O/c1-25(2)14-13-21(23(24(25)28-3)17-27-16-15-26-18-27)12-11-20-9-6-8-19-7-4-5-10-22(19)20/h4-10,15-16,18,21,23-24H,11-14,17H2,1-3H3/t21-,23+,24-/m1/s1. The Kier molecular flexibility index (Phi) is 5.54. The summed E-state index contributed by atoms with van der Waals surface area (Å²) >= 11 is 0. The maximum Gasteiger partial charge on any atom is 0.0946 e. The maximum atomic E-state index is 6.09. The van der Waals surface area contributed by atoms with Gasteiger partial charge in [0.25, 0.3) is 0 Å². The van der Waals surface area contributed by atoms with E-state index in [0.717, 1.165) is 13.0 Å². The Morgan fingerprint density at radius 1 is 1.14 bits per heavy atom. The van der Waals surface area contributed by atoms with Crippen LogP contribution in [0.15, 0.2) is 61.2 Å². The van der Waals surface area contributed by atoms with Crippen molar-refractivity contribution in [2.45, 2.75) is 52.2 Å². The SMILES string of the molecule is CO[C@@H]1[C@@H](Cn2ccnc2)[C@H](CCc2cccc3ccccc23)CCC1(C)C. The minimum absolute atomic E-state index is 0.218. The van der Waals surface area contributed by atoms with Gasteiger partial charge in [-0.2, -0.15) is 0 Å². The maximum absolute atomic E-state index is 6.09. The number of hydrogen-bond acceptors (Lipinski definition) is 2. The molecule has 1 aliphatic carbocycles. The monoisotopic (exact) mass is 376 g/mol. The summed E-state index contributed by atoms with van der Waals surface area (Å²) in [5.74, 6) is 1.18. The Balaban J connectivity index is 1.55. The minimum Gasteiger partial charge on any atom is -0.381 e. The molecular weight excluding hydrogens is 344 g/mol. The number of benzene rings is 2. The van der Waals surface area contributed by atoms with Crippen LogP contribution in [0.2, 0.25) is 0 Å². The molecule has 0 saturated heterocycles. The average molecular weight is 377 g/mol. The molecule has 0 unspecified atom stereocenters. The highest BCUT2D eigenvalue weighted by Gasteiger charge is 2.44. The number of nitrogens with zero attached hydrogens (tertiary/aromatic N) is 2. The Morgan fingerprint density at radius 2 is 1.96 bits per heavy atom. The second kappa shape index (κ2) is 8.08. The van der Waals surface area contributed by atoms with E-state index < -0.39 is 0 Å². The quantitative estimate of drug-likeness (QED) is 0.549. The summed E-state index contributed by atoms with van der Waals surface area (Å²) in [5.41, 5.74) is 1.69. The Bertz CT molecular complexity index is 895. The molecule has 3 heteroatoms. The molecule has 3 aromatic rings. The second-order valence-electron chi connectivity index (χ2n) is 9.04. The molecule has 148 valence electrons. The molecule has 1 heterocycles. The molecule has 1 aliphatic rings.